The molecule has 2 rings (SSSR count). The summed E-state index contributed by atoms with van der Waals surface area (Å²) in [5, 5.41) is 3.43. The zero-order valence-corrected chi connectivity index (χ0v) is 13.3. The number of piperazine rings is 1. The maximum absolute atomic E-state index is 14.0. The lowest BCUT2D eigenvalue weighted by molar-refractivity contribution is 0.123. The number of likely N-dealkylation sites (N-methyl/N-ethyl adjacent to an activating group) is 1. The van der Waals surface area contributed by atoms with E-state index in [1.165, 1.54) is 13.0 Å². The van der Waals surface area contributed by atoms with Gasteiger partial charge in [-0.15, -0.1) is 0 Å². The van der Waals surface area contributed by atoms with E-state index in [9.17, 15) is 4.39 Å². The Morgan fingerprint density at radius 3 is 2.38 bits per heavy atom. The first-order valence-corrected chi connectivity index (χ1v) is 8.17. The minimum atomic E-state index is -0.104. The number of rotatable bonds is 7. The van der Waals surface area contributed by atoms with Gasteiger partial charge in [-0.25, -0.2) is 4.39 Å². The van der Waals surface area contributed by atoms with Gasteiger partial charge >= 0.3 is 0 Å². The van der Waals surface area contributed by atoms with Crippen molar-refractivity contribution in [2.24, 2.45) is 0 Å². The highest BCUT2D eigenvalue weighted by Crippen LogP contribution is 2.18. The third kappa shape index (κ3) is 4.77. The van der Waals surface area contributed by atoms with E-state index >= 15 is 0 Å². The average molecular weight is 293 g/mol. The van der Waals surface area contributed by atoms with Crippen molar-refractivity contribution in [2.75, 3.05) is 45.8 Å². The molecule has 1 atom stereocenters. The standard InChI is InChI=1S/C17H28FN3/c1-3-9-20-10-12-21(13-11-20)14-17(19-4-2)15-7-5-6-8-16(15)18/h5-8,17,19H,3-4,9-14H2,1-2H3. The molecule has 1 saturated heterocycles. The molecule has 0 radical (unpaired) electrons. The van der Waals surface area contributed by atoms with Gasteiger partial charge in [0.2, 0.25) is 0 Å². The topological polar surface area (TPSA) is 18.5 Å². The highest BCUT2D eigenvalue weighted by atomic mass is 19.1. The Morgan fingerprint density at radius 1 is 1.10 bits per heavy atom. The van der Waals surface area contributed by atoms with Gasteiger partial charge in [-0.1, -0.05) is 32.0 Å². The summed E-state index contributed by atoms with van der Waals surface area (Å²) in [5.74, 6) is -0.104. The first kappa shape index (κ1) is 16.4. The number of nitrogens with zero attached hydrogens (tertiary/aromatic N) is 2. The lowest BCUT2D eigenvalue weighted by Crippen LogP contribution is -2.48. The van der Waals surface area contributed by atoms with Crippen LogP contribution < -0.4 is 5.32 Å². The highest BCUT2D eigenvalue weighted by molar-refractivity contribution is 5.21. The maximum Gasteiger partial charge on any atom is 0.128 e. The minimum Gasteiger partial charge on any atom is -0.309 e. The molecular weight excluding hydrogens is 265 g/mol. The van der Waals surface area contributed by atoms with Crippen LogP contribution in [-0.2, 0) is 0 Å². The predicted octanol–water partition coefficient (Wildman–Crippen LogP) is 2.50. The van der Waals surface area contributed by atoms with E-state index in [1.807, 2.05) is 12.1 Å². The zero-order valence-electron chi connectivity index (χ0n) is 13.3. The fourth-order valence-corrected chi connectivity index (χ4v) is 3.05. The molecule has 1 unspecified atom stereocenters. The highest BCUT2D eigenvalue weighted by Gasteiger charge is 2.21. The second-order valence-electron chi connectivity index (χ2n) is 5.77. The third-order valence-corrected chi connectivity index (χ3v) is 4.18. The molecule has 0 aromatic heterocycles. The van der Waals surface area contributed by atoms with Crippen molar-refractivity contribution in [1.82, 2.24) is 15.1 Å². The number of hydrogen-bond acceptors (Lipinski definition) is 3. The van der Waals surface area contributed by atoms with E-state index in [-0.39, 0.29) is 11.9 Å². The molecular formula is C17H28FN3. The van der Waals surface area contributed by atoms with Gasteiger partial charge < -0.3 is 10.2 Å². The van der Waals surface area contributed by atoms with Gasteiger partial charge in [-0.3, -0.25) is 4.90 Å². The first-order valence-electron chi connectivity index (χ1n) is 8.17. The summed E-state index contributed by atoms with van der Waals surface area (Å²) in [6, 6.07) is 7.20. The smallest absolute Gasteiger partial charge is 0.128 e. The van der Waals surface area contributed by atoms with Crippen LogP contribution in [0.15, 0.2) is 24.3 Å². The Labute approximate surface area is 128 Å². The summed E-state index contributed by atoms with van der Waals surface area (Å²) >= 11 is 0. The van der Waals surface area contributed by atoms with Crippen LogP contribution in [0.25, 0.3) is 0 Å². The molecule has 118 valence electrons. The summed E-state index contributed by atoms with van der Waals surface area (Å²) in [4.78, 5) is 4.97. The Kier molecular flexibility index (Phi) is 6.61. The van der Waals surface area contributed by atoms with E-state index < -0.39 is 0 Å². The second kappa shape index (κ2) is 8.47. The normalized spacial score (nSPS) is 18.8. The van der Waals surface area contributed by atoms with Gasteiger partial charge in [-0.2, -0.15) is 0 Å². The molecule has 0 aliphatic carbocycles. The van der Waals surface area contributed by atoms with Gasteiger partial charge in [0.15, 0.2) is 0 Å². The van der Waals surface area contributed by atoms with E-state index in [0.717, 1.165) is 44.8 Å². The Bertz CT molecular complexity index is 416. The summed E-state index contributed by atoms with van der Waals surface area (Å²) < 4.78 is 14.0. The van der Waals surface area contributed by atoms with Crippen LogP contribution >= 0.6 is 0 Å². The summed E-state index contributed by atoms with van der Waals surface area (Å²) in [6.07, 6.45) is 1.22. The molecule has 0 amide bonds. The number of hydrogen-bond donors (Lipinski definition) is 1. The van der Waals surface area contributed by atoms with Crippen molar-refractivity contribution in [3.8, 4) is 0 Å². The molecule has 1 N–H and O–H groups in total. The van der Waals surface area contributed by atoms with Crippen molar-refractivity contribution >= 4 is 0 Å². The fourth-order valence-electron chi connectivity index (χ4n) is 3.05. The van der Waals surface area contributed by atoms with Gasteiger partial charge in [0.25, 0.3) is 0 Å². The molecule has 1 aliphatic heterocycles. The van der Waals surface area contributed by atoms with Crippen LogP contribution in [0.4, 0.5) is 4.39 Å². The molecule has 1 aliphatic rings. The molecule has 0 saturated carbocycles. The van der Waals surface area contributed by atoms with Crippen molar-refractivity contribution in [3.63, 3.8) is 0 Å². The van der Waals surface area contributed by atoms with Crippen molar-refractivity contribution < 1.29 is 4.39 Å². The van der Waals surface area contributed by atoms with Crippen LogP contribution in [0.5, 0.6) is 0 Å². The summed E-state index contributed by atoms with van der Waals surface area (Å²) in [6.45, 7) is 11.7. The van der Waals surface area contributed by atoms with E-state index in [1.54, 1.807) is 12.1 Å². The largest absolute Gasteiger partial charge is 0.309 e. The second-order valence-corrected chi connectivity index (χ2v) is 5.77. The number of nitrogens with one attached hydrogen (secondary N) is 1. The molecule has 0 spiro atoms. The summed E-state index contributed by atoms with van der Waals surface area (Å²) in [5.41, 5.74) is 0.787. The molecule has 3 nitrogen and oxygen atoms in total. The van der Waals surface area contributed by atoms with Crippen LogP contribution in [0.1, 0.15) is 31.9 Å². The van der Waals surface area contributed by atoms with Crippen LogP contribution in [-0.4, -0.2) is 55.6 Å². The minimum absolute atomic E-state index is 0.0777. The maximum atomic E-state index is 14.0. The average Bonchev–Trinajstić information content (AvgIpc) is 2.50. The zero-order chi connectivity index (χ0) is 15.1. The van der Waals surface area contributed by atoms with Crippen molar-refractivity contribution in [3.05, 3.63) is 35.6 Å². The first-order chi connectivity index (χ1) is 10.2. The molecule has 1 aromatic rings. The lowest BCUT2D eigenvalue weighted by Gasteiger charge is -2.36. The van der Waals surface area contributed by atoms with E-state index in [4.69, 9.17) is 0 Å². The number of benzene rings is 1. The Morgan fingerprint density at radius 2 is 1.76 bits per heavy atom. The molecule has 0 bridgehead atoms. The van der Waals surface area contributed by atoms with Crippen molar-refractivity contribution in [1.29, 1.82) is 0 Å². The Balaban J connectivity index is 1.93. The lowest BCUT2D eigenvalue weighted by atomic mass is 10.1. The molecule has 4 heteroatoms. The van der Waals surface area contributed by atoms with Gasteiger partial charge in [0.05, 0.1) is 0 Å². The van der Waals surface area contributed by atoms with E-state index in [2.05, 4.69) is 29.0 Å². The van der Waals surface area contributed by atoms with Crippen LogP contribution in [0.3, 0.4) is 0 Å². The van der Waals surface area contributed by atoms with Gasteiger partial charge in [0.1, 0.15) is 5.82 Å². The molecule has 21 heavy (non-hydrogen) atoms. The Hall–Kier alpha value is -0.970. The molecule has 1 aromatic carbocycles. The fraction of sp³-hybridized carbons (Fsp3) is 0.647. The van der Waals surface area contributed by atoms with Crippen LogP contribution in [0, 0.1) is 5.82 Å². The van der Waals surface area contributed by atoms with Crippen LogP contribution in [0.2, 0.25) is 0 Å². The summed E-state index contributed by atoms with van der Waals surface area (Å²) in [7, 11) is 0. The predicted molar refractivity (Wildman–Crippen MR) is 86.0 cm³/mol. The quantitative estimate of drug-likeness (QED) is 0.833. The van der Waals surface area contributed by atoms with E-state index in [0.29, 0.717) is 0 Å². The van der Waals surface area contributed by atoms with Gasteiger partial charge in [0, 0.05) is 44.3 Å². The monoisotopic (exact) mass is 293 g/mol. The third-order valence-electron chi connectivity index (χ3n) is 4.18. The molecule has 1 heterocycles. The van der Waals surface area contributed by atoms with Gasteiger partial charge in [-0.05, 0) is 25.6 Å². The number of halogens is 1. The molecule has 1 fully saturated rings. The SMILES string of the molecule is CCCN1CCN(CC(NCC)c2ccccc2F)CC1. The van der Waals surface area contributed by atoms with Crippen molar-refractivity contribution in [2.45, 2.75) is 26.3 Å².